The smallest absolute Gasteiger partial charge is 0.244 e. The molecule has 2 heterocycles. The zero-order valence-corrected chi connectivity index (χ0v) is 19.2. The van der Waals surface area contributed by atoms with Crippen molar-refractivity contribution < 1.29 is 13.2 Å². The molecule has 1 aliphatic heterocycles. The lowest BCUT2D eigenvalue weighted by molar-refractivity contribution is -0.115. The molecule has 9 heteroatoms. The van der Waals surface area contributed by atoms with Crippen LogP contribution in [0.1, 0.15) is 26.2 Å². The maximum atomic E-state index is 12.7. The molecule has 1 atom stereocenters. The Bertz CT molecular complexity index is 955. The van der Waals surface area contributed by atoms with Crippen LogP contribution in [0.4, 0.5) is 11.4 Å². The molecule has 0 radical (unpaired) electrons. The van der Waals surface area contributed by atoms with Gasteiger partial charge in [-0.2, -0.15) is 4.31 Å². The minimum atomic E-state index is -3.50. The quantitative estimate of drug-likeness (QED) is 0.654. The van der Waals surface area contributed by atoms with E-state index in [1.807, 2.05) is 43.3 Å². The Hall–Kier alpha value is -2.10. The minimum absolute atomic E-state index is 0.135. The maximum Gasteiger partial charge on any atom is 0.244 e. The summed E-state index contributed by atoms with van der Waals surface area (Å²) in [6.07, 6.45) is 4.24. The molecule has 1 saturated heterocycles. The summed E-state index contributed by atoms with van der Waals surface area (Å²) < 4.78 is 26.9. The molecular formula is C21H28N4O3S2. The van der Waals surface area contributed by atoms with Gasteiger partial charge in [-0.3, -0.25) is 4.79 Å². The van der Waals surface area contributed by atoms with Crippen LogP contribution < -0.4 is 10.2 Å². The van der Waals surface area contributed by atoms with Crippen LogP contribution in [-0.4, -0.2) is 56.0 Å². The molecule has 0 unspecified atom stereocenters. The van der Waals surface area contributed by atoms with Crippen LogP contribution in [0.15, 0.2) is 52.5 Å². The first-order chi connectivity index (χ1) is 14.3. The van der Waals surface area contributed by atoms with Crippen molar-refractivity contribution in [3.63, 3.8) is 0 Å². The minimum Gasteiger partial charge on any atom is -0.378 e. The normalized spacial score (nSPS) is 16.1. The number of rotatable bonds is 7. The number of sulfonamides is 1. The van der Waals surface area contributed by atoms with E-state index in [0.29, 0.717) is 18.1 Å². The van der Waals surface area contributed by atoms with Crippen molar-refractivity contribution in [3.8, 4) is 0 Å². The average Bonchev–Trinajstić information content (AvgIpc) is 2.75. The standard InChI is InChI=1S/C21H28N4O3S2/c1-16(21(26)23-17-7-9-18(10-8-17)24(2)3)29-20-12-11-19(15-22-20)30(27,28)25-13-5-4-6-14-25/h7-12,15-16H,4-6,13-14H2,1-3H3,(H,23,26)/t16-/m0/s1. The van der Waals surface area contributed by atoms with Crippen LogP contribution in [0, 0.1) is 0 Å². The fourth-order valence-corrected chi connectivity index (χ4v) is 5.42. The van der Waals surface area contributed by atoms with E-state index in [4.69, 9.17) is 0 Å². The lowest BCUT2D eigenvalue weighted by Gasteiger charge is -2.25. The van der Waals surface area contributed by atoms with Crippen molar-refractivity contribution in [1.82, 2.24) is 9.29 Å². The molecule has 7 nitrogen and oxygen atoms in total. The number of anilines is 2. The van der Waals surface area contributed by atoms with Crippen LogP contribution in [0.25, 0.3) is 0 Å². The fraction of sp³-hybridized carbons (Fsp3) is 0.429. The zero-order valence-electron chi connectivity index (χ0n) is 17.5. The highest BCUT2D eigenvalue weighted by atomic mass is 32.2. The van der Waals surface area contributed by atoms with Crippen molar-refractivity contribution in [3.05, 3.63) is 42.6 Å². The van der Waals surface area contributed by atoms with Crippen molar-refractivity contribution in [2.24, 2.45) is 0 Å². The van der Waals surface area contributed by atoms with Gasteiger partial charge >= 0.3 is 0 Å². The molecule has 1 N–H and O–H groups in total. The van der Waals surface area contributed by atoms with E-state index in [2.05, 4.69) is 10.3 Å². The van der Waals surface area contributed by atoms with E-state index in [0.717, 1.165) is 30.6 Å². The lowest BCUT2D eigenvalue weighted by atomic mass is 10.2. The number of carbonyl (C=O) groups excluding carboxylic acids is 1. The van der Waals surface area contributed by atoms with Gasteiger partial charge in [-0.25, -0.2) is 13.4 Å². The predicted octanol–water partition coefficient (Wildman–Crippen LogP) is 3.44. The number of amides is 1. The van der Waals surface area contributed by atoms with Crippen LogP contribution in [-0.2, 0) is 14.8 Å². The third kappa shape index (κ3) is 5.53. The topological polar surface area (TPSA) is 82.6 Å². The van der Waals surface area contributed by atoms with Crippen LogP contribution in [0.2, 0.25) is 0 Å². The Morgan fingerprint density at radius 3 is 2.33 bits per heavy atom. The molecule has 162 valence electrons. The van der Waals surface area contributed by atoms with E-state index >= 15 is 0 Å². The van der Waals surface area contributed by atoms with Gasteiger partial charge in [0.05, 0.1) is 10.3 Å². The molecule has 2 aromatic rings. The molecule has 1 aliphatic rings. The first-order valence-corrected chi connectivity index (χ1v) is 12.3. The Morgan fingerprint density at radius 2 is 1.77 bits per heavy atom. The number of hydrogen-bond donors (Lipinski definition) is 1. The number of carbonyl (C=O) groups is 1. The van der Waals surface area contributed by atoms with Gasteiger partial charge in [-0.15, -0.1) is 0 Å². The number of benzene rings is 1. The third-order valence-corrected chi connectivity index (χ3v) is 7.91. The summed E-state index contributed by atoms with van der Waals surface area (Å²) in [5.74, 6) is -0.135. The molecule has 30 heavy (non-hydrogen) atoms. The highest BCUT2D eigenvalue weighted by Crippen LogP contribution is 2.25. The molecule has 3 rings (SSSR count). The number of hydrogen-bond acceptors (Lipinski definition) is 6. The Morgan fingerprint density at radius 1 is 1.10 bits per heavy atom. The van der Waals surface area contributed by atoms with Gasteiger partial charge in [-0.05, 0) is 56.2 Å². The number of piperidine rings is 1. The van der Waals surface area contributed by atoms with E-state index in [-0.39, 0.29) is 16.1 Å². The zero-order chi connectivity index (χ0) is 21.7. The lowest BCUT2D eigenvalue weighted by Crippen LogP contribution is -2.35. The van der Waals surface area contributed by atoms with Gasteiger partial charge < -0.3 is 10.2 Å². The summed E-state index contributed by atoms with van der Waals surface area (Å²) in [6.45, 7) is 2.92. The Balaban J connectivity index is 1.59. The monoisotopic (exact) mass is 448 g/mol. The molecule has 1 amide bonds. The Kier molecular flexibility index (Phi) is 7.38. The number of nitrogens with zero attached hydrogens (tertiary/aromatic N) is 3. The molecule has 1 aromatic carbocycles. The fourth-order valence-electron chi connectivity index (χ4n) is 3.16. The third-order valence-electron chi connectivity index (χ3n) is 4.98. The molecule has 0 bridgehead atoms. The van der Waals surface area contributed by atoms with Gasteiger partial charge in [0.25, 0.3) is 0 Å². The van der Waals surface area contributed by atoms with Gasteiger partial charge in [0.2, 0.25) is 15.9 Å². The molecular weight excluding hydrogens is 420 g/mol. The summed E-state index contributed by atoms with van der Waals surface area (Å²) in [6, 6.07) is 10.8. The van der Waals surface area contributed by atoms with E-state index in [1.54, 1.807) is 19.1 Å². The summed E-state index contributed by atoms with van der Waals surface area (Å²) in [4.78, 5) is 19.0. The number of nitrogens with one attached hydrogen (secondary N) is 1. The maximum absolute atomic E-state index is 12.7. The van der Waals surface area contributed by atoms with Crippen molar-refractivity contribution in [2.45, 2.75) is 41.4 Å². The molecule has 0 spiro atoms. The van der Waals surface area contributed by atoms with Crippen LogP contribution in [0.3, 0.4) is 0 Å². The SMILES string of the molecule is C[C@H](Sc1ccc(S(=O)(=O)N2CCCCC2)cn1)C(=O)Nc1ccc(N(C)C)cc1. The molecule has 0 saturated carbocycles. The van der Waals surface area contributed by atoms with Crippen LogP contribution >= 0.6 is 11.8 Å². The van der Waals surface area contributed by atoms with Gasteiger partial charge in [0, 0.05) is 44.8 Å². The van der Waals surface area contributed by atoms with Gasteiger partial charge in [0.15, 0.2) is 0 Å². The van der Waals surface area contributed by atoms with E-state index in [9.17, 15) is 13.2 Å². The van der Waals surface area contributed by atoms with Crippen molar-refractivity contribution >= 4 is 39.1 Å². The number of thioether (sulfide) groups is 1. The number of pyridine rings is 1. The molecule has 1 fully saturated rings. The number of aromatic nitrogens is 1. The van der Waals surface area contributed by atoms with Crippen molar-refractivity contribution in [1.29, 1.82) is 0 Å². The van der Waals surface area contributed by atoms with E-state index < -0.39 is 10.0 Å². The second-order valence-electron chi connectivity index (χ2n) is 7.49. The highest BCUT2D eigenvalue weighted by Gasteiger charge is 2.26. The van der Waals surface area contributed by atoms with Crippen molar-refractivity contribution in [2.75, 3.05) is 37.4 Å². The summed E-state index contributed by atoms with van der Waals surface area (Å²) in [7, 11) is 0.426. The van der Waals surface area contributed by atoms with Crippen LogP contribution in [0.5, 0.6) is 0 Å². The average molecular weight is 449 g/mol. The summed E-state index contributed by atoms with van der Waals surface area (Å²) in [5.41, 5.74) is 1.79. The summed E-state index contributed by atoms with van der Waals surface area (Å²) >= 11 is 1.29. The van der Waals surface area contributed by atoms with E-state index in [1.165, 1.54) is 22.3 Å². The first kappa shape index (κ1) is 22.6. The highest BCUT2D eigenvalue weighted by molar-refractivity contribution is 8.00. The first-order valence-electron chi connectivity index (χ1n) is 9.98. The van der Waals surface area contributed by atoms with Gasteiger partial charge in [0.1, 0.15) is 4.90 Å². The predicted molar refractivity (Wildman–Crippen MR) is 122 cm³/mol. The Labute approximate surface area is 182 Å². The second-order valence-corrected chi connectivity index (χ2v) is 10.8. The largest absolute Gasteiger partial charge is 0.378 e. The molecule has 1 aromatic heterocycles. The van der Waals surface area contributed by atoms with Gasteiger partial charge in [-0.1, -0.05) is 18.2 Å². The summed E-state index contributed by atoms with van der Waals surface area (Å²) in [5, 5.41) is 3.13. The second kappa shape index (κ2) is 9.80. The molecule has 0 aliphatic carbocycles.